The van der Waals surface area contributed by atoms with E-state index in [2.05, 4.69) is 13.8 Å². The second kappa shape index (κ2) is 9.08. The van der Waals surface area contributed by atoms with Gasteiger partial charge in [-0.2, -0.15) is 8.42 Å². The van der Waals surface area contributed by atoms with Gasteiger partial charge in [-0.25, -0.2) is 0 Å². The van der Waals surface area contributed by atoms with Crippen LogP contribution < -0.4 is 4.18 Å². The molecule has 0 saturated carbocycles. The molecule has 1 aromatic carbocycles. The second-order valence-electron chi connectivity index (χ2n) is 5.59. The Balaban J connectivity index is 2.59. The summed E-state index contributed by atoms with van der Waals surface area (Å²) in [5, 5.41) is 0. The minimum atomic E-state index is -3.45. The predicted octanol–water partition coefficient (Wildman–Crippen LogP) is 4.49. The zero-order valence-electron chi connectivity index (χ0n) is 13.5. The standard InChI is InChI=1S/C17H28O3S/c1-4-6-7-8-9-10-11-16-14-17(20-21(3,18)19)13-12-15(16)5-2/h12-14H,4-11H2,1-3H3. The first-order valence-electron chi connectivity index (χ1n) is 7.97. The maximum absolute atomic E-state index is 11.2. The first kappa shape index (κ1) is 18.0. The van der Waals surface area contributed by atoms with Gasteiger partial charge in [0.05, 0.1) is 6.26 Å². The van der Waals surface area contributed by atoms with Gasteiger partial charge in [-0.1, -0.05) is 52.0 Å². The van der Waals surface area contributed by atoms with Crippen molar-refractivity contribution in [3.63, 3.8) is 0 Å². The van der Waals surface area contributed by atoms with Crippen LogP contribution in [0.4, 0.5) is 0 Å². The Morgan fingerprint density at radius 1 is 0.952 bits per heavy atom. The quantitative estimate of drug-likeness (QED) is 0.472. The van der Waals surface area contributed by atoms with Crippen molar-refractivity contribution in [2.24, 2.45) is 0 Å². The fraction of sp³-hybridized carbons (Fsp3) is 0.647. The summed E-state index contributed by atoms with van der Waals surface area (Å²) in [5.41, 5.74) is 2.50. The number of benzene rings is 1. The minimum absolute atomic E-state index is 0.427. The van der Waals surface area contributed by atoms with E-state index in [-0.39, 0.29) is 0 Å². The van der Waals surface area contributed by atoms with Gasteiger partial charge in [-0.15, -0.1) is 0 Å². The first-order chi connectivity index (χ1) is 9.96. The normalized spacial score (nSPS) is 11.6. The van der Waals surface area contributed by atoms with E-state index < -0.39 is 10.1 Å². The fourth-order valence-corrected chi connectivity index (χ4v) is 2.96. The molecule has 4 heteroatoms. The van der Waals surface area contributed by atoms with Crippen molar-refractivity contribution < 1.29 is 12.6 Å². The molecule has 0 amide bonds. The molecule has 0 radical (unpaired) electrons. The summed E-state index contributed by atoms with van der Waals surface area (Å²) in [6.45, 7) is 4.35. The van der Waals surface area contributed by atoms with Crippen LogP contribution in [0.1, 0.15) is 63.5 Å². The number of rotatable bonds is 10. The lowest BCUT2D eigenvalue weighted by Gasteiger charge is -2.11. The van der Waals surface area contributed by atoms with Gasteiger partial charge >= 0.3 is 10.1 Å². The van der Waals surface area contributed by atoms with E-state index in [1.165, 1.54) is 43.2 Å². The minimum Gasteiger partial charge on any atom is -0.383 e. The molecule has 0 heterocycles. The molecule has 120 valence electrons. The topological polar surface area (TPSA) is 43.4 Å². The zero-order chi connectivity index (χ0) is 15.7. The van der Waals surface area contributed by atoms with E-state index in [4.69, 9.17) is 4.18 Å². The van der Waals surface area contributed by atoms with Crippen LogP contribution >= 0.6 is 0 Å². The summed E-state index contributed by atoms with van der Waals surface area (Å²) in [4.78, 5) is 0. The third-order valence-electron chi connectivity index (χ3n) is 3.61. The third kappa shape index (κ3) is 7.51. The first-order valence-corrected chi connectivity index (χ1v) is 9.79. The van der Waals surface area contributed by atoms with E-state index in [9.17, 15) is 8.42 Å². The summed E-state index contributed by atoms with van der Waals surface area (Å²) in [6.07, 6.45) is 10.6. The van der Waals surface area contributed by atoms with Crippen LogP contribution in [-0.2, 0) is 23.0 Å². The maximum Gasteiger partial charge on any atom is 0.306 e. The molecule has 0 aliphatic carbocycles. The molecule has 1 rings (SSSR count). The van der Waals surface area contributed by atoms with Gasteiger partial charge in [0.1, 0.15) is 5.75 Å². The number of hydrogen-bond donors (Lipinski definition) is 0. The molecule has 1 aromatic rings. The molecule has 21 heavy (non-hydrogen) atoms. The fourth-order valence-electron chi connectivity index (χ4n) is 2.50. The van der Waals surface area contributed by atoms with Gasteiger partial charge in [0, 0.05) is 0 Å². The van der Waals surface area contributed by atoms with E-state index in [0.29, 0.717) is 5.75 Å². The molecule has 0 fully saturated rings. The van der Waals surface area contributed by atoms with Gasteiger partial charge in [0.25, 0.3) is 0 Å². The summed E-state index contributed by atoms with van der Waals surface area (Å²) in [5.74, 6) is 0.427. The highest BCUT2D eigenvalue weighted by molar-refractivity contribution is 7.86. The molecule has 0 bridgehead atoms. The van der Waals surface area contributed by atoms with Crippen molar-refractivity contribution >= 4 is 10.1 Å². The Hall–Kier alpha value is -1.03. The van der Waals surface area contributed by atoms with E-state index in [0.717, 1.165) is 25.5 Å². The lowest BCUT2D eigenvalue weighted by molar-refractivity contribution is 0.492. The highest BCUT2D eigenvalue weighted by Crippen LogP contribution is 2.22. The summed E-state index contributed by atoms with van der Waals surface area (Å²) in [7, 11) is -3.45. The lowest BCUT2D eigenvalue weighted by atomic mass is 9.98. The monoisotopic (exact) mass is 312 g/mol. The Labute approximate surface area is 129 Å². The Kier molecular flexibility index (Phi) is 7.79. The van der Waals surface area contributed by atoms with Crippen LogP contribution in [0.15, 0.2) is 18.2 Å². The van der Waals surface area contributed by atoms with Gasteiger partial charge in [0.2, 0.25) is 0 Å². The van der Waals surface area contributed by atoms with Crippen molar-refractivity contribution in [2.75, 3.05) is 6.26 Å². The van der Waals surface area contributed by atoms with Crippen LogP contribution in [-0.4, -0.2) is 14.7 Å². The molecule has 0 atom stereocenters. The smallest absolute Gasteiger partial charge is 0.306 e. The largest absolute Gasteiger partial charge is 0.383 e. The molecular formula is C17H28O3S. The molecule has 0 aliphatic heterocycles. The van der Waals surface area contributed by atoms with Gasteiger partial charge < -0.3 is 4.18 Å². The molecule has 0 N–H and O–H groups in total. The van der Waals surface area contributed by atoms with Crippen molar-refractivity contribution in [2.45, 2.75) is 65.2 Å². The molecular weight excluding hydrogens is 284 g/mol. The summed E-state index contributed by atoms with van der Waals surface area (Å²) >= 11 is 0. The van der Waals surface area contributed by atoms with Gasteiger partial charge in [0.15, 0.2) is 0 Å². The van der Waals surface area contributed by atoms with Crippen LogP contribution in [0.2, 0.25) is 0 Å². The average Bonchev–Trinajstić information content (AvgIpc) is 2.41. The molecule has 0 aromatic heterocycles. The van der Waals surface area contributed by atoms with Crippen molar-refractivity contribution in [3.05, 3.63) is 29.3 Å². The van der Waals surface area contributed by atoms with E-state index >= 15 is 0 Å². The maximum atomic E-state index is 11.2. The second-order valence-corrected chi connectivity index (χ2v) is 7.16. The summed E-state index contributed by atoms with van der Waals surface area (Å²) < 4.78 is 27.4. The molecule has 0 spiro atoms. The highest BCUT2D eigenvalue weighted by Gasteiger charge is 2.08. The number of hydrogen-bond acceptors (Lipinski definition) is 3. The van der Waals surface area contributed by atoms with Crippen molar-refractivity contribution in [3.8, 4) is 5.75 Å². The SMILES string of the molecule is CCCCCCCCc1cc(OS(C)(=O)=O)ccc1CC. The highest BCUT2D eigenvalue weighted by atomic mass is 32.2. The predicted molar refractivity (Wildman–Crippen MR) is 88.4 cm³/mol. The van der Waals surface area contributed by atoms with Crippen LogP contribution in [0.25, 0.3) is 0 Å². The Bertz CT molecular complexity index is 521. The zero-order valence-corrected chi connectivity index (χ0v) is 14.3. The molecule has 3 nitrogen and oxygen atoms in total. The van der Waals surface area contributed by atoms with Crippen LogP contribution in [0.5, 0.6) is 5.75 Å². The number of aryl methyl sites for hydroxylation is 2. The molecule has 0 aliphatic rings. The van der Waals surface area contributed by atoms with Gasteiger partial charge in [-0.3, -0.25) is 0 Å². The van der Waals surface area contributed by atoms with Crippen molar-refractivity contribution in [1.29, 1.82) is 0 Å². The molecule has 0 saturated heterocycles. The number of unbranched alkanes of at least 4 members (excludes halogenated alkanes) is 5. The van der Waals surface area contributed by atoms with E-state index in [1.807, 2.05) is 12.1 Å². The van der Waals surface area contributed by atoms with Crippen molar-refractivity contribution in [1.82, 2.24) is 0 Å². The Morgan fingerprint density at radius 2 is 1.62 bits per heavy atom. The third-order valence-corrected chi connectivity index (χ3v) is 4.10. The molecule has 0 unspecified atom stereocenters. The van der Waals surface area contributed by atoms with Crippen LogP contribution in [0, 0.1) is 0 Å². The lowest BCUT2D eigenvalue weighted by Crippen LogP contribution is -2.06. The average molecular weight is 312 g/mol. The van der Waals surface area contributed by atoms with Crippen LogP contribution in [0.3, 0.4) is 0 Å². The Morgan fingerprint density at radius 3 is 2.24 bits per heavy atom. The summed E-state index contributed by atoms with van der Waals surface area (Å²) in [6, 6.07) is 5.60. The van der Waals surface area contributed by atoms with E-state index in [1.54, 1.807) is 6.07 Å². The van der Waals surface area contributed by atoms with Gasteiger partial charge in [-0.05, 0) is 42.5 Å².